The molecule has 1 N–H and O–H groups in total. The van der Waals surface area contributed by atoms with Crippen LogP contribution in [0.1, 0.15) is 20.8 Å². The van der Waals surface area contributed by atoms with Gasteiger partial charge in [0.05, 0.1) is 23.4 Å². The molecule has 11 heteroatoms. The molecule has 0 aliphatic carbocycles. The number of nitrogens with one attached hydrogen (secondary N) is 1. The smallest absolute Gasteiger partial charge is 0.345 e. The van der Waals surface area contributed by atoms with Crippen molar-refractivity contribution < 1.29 is 14.5 Å². The molecule has 0 aliphatic heterocycles. The van der Waals surface area contributed by atoms with Crippen molar-refractivity contribution in [2.24, 2.45) is 10.2 Å². The number of methoxy groups -OCH3 is 1. The summed E-state index contributed by atoms with van der Waals surface area (Å²) in [7, 11) is 1.55. The maximum Gasteiger partial charge on any atom is 0.345 e. The molecule has 1 heterocycles. The Kier molecular flexibility index (Phi) is 6.77. The van der Waals surface area contributed by atoms with Crippen molar-refractivity contribution in [3.8, 4) is 5.75 Å². The number of hydrogen-bond donors (Lipinski definition) is 1. The van der Waals surface area contributed by atoms with Crippen molar-refractivity contribution in [3.05, 3.63) is 28.4 Å². The van der Waals surface area contributed by atoms with Crippen LogP contribution in [-0.4, -0.2) is 36.0 Å². The molecule has 0 spiro atoms. The number of rotatable bonds is 8. The molecule has 0 unspecified atom stereocenters. The van der Waals surface area contributed by atoms with Crippen LogP contribution in [0.15, 0.2) is 28.6 Å². The first-order valence-electron chi connectivity index (χ1n) is 8.16. The molecule has 27 heavy (non-hydrogen) atoms. The van der Waals surface area contributed by atoms with E-state index in [9.17, 15) is 14.9 Å². The third kappa shape index (κ3) is 4.97. The Labute approximate surface area is 160 Å². The molecular weight excluding hydrogens is 372 g/mol. The summed E-state index contributed by atoms with van der Waals surface area (Å²) in [6.07, 6.45) is 1.12. The summed E-state index contributed by atoms with van der Waals surface area (Å²) in [5, 5.41) is 21.5. The number of anilines is 2. The van der Waals surface area contributed by atoms with E-state index in [4.69, 9.17) is 4.74 Å². The Balaban J connectivity index is 2.47. The molecule has 0 saturated heterocycles. The average Bonchev–Trinajstić information content (AvgIpc) is 3.11. The van der Waals surface area contributed by atoms with Crippen molar-refractivity contribution in [2.45, 2.75) is 20.8 Å². The maximum atomic E-state index is 11.6. The minimum Gasteiger partial charge on any atom is -0.494 e. The Morgan fingerprint density at radius 3 is 2.59 bits per heavy atom. The van der Waals surface area contributed by atoms with Gasteiger partial charge in [0.1, 0.15) is 17.6 Å². The molecule has 0 radical (unpaired) electrons. The van der Waals surface area contributed by atoms with Crippen LogP contribution >= 0.6 is 11.3 Å². The van der Waals surface area contributed by atoms with Gasteiger partial charge in [0.15, 0.2) is 0 Å². The Morgan fingerprint density at radius 1 is 1.37 bits per heavy atom. The normalized spacial score (nSPS) is 10.8. The standard InChI is InChI=1S/C16H20N6O4S/c1-5-21(6-2)13-7-11(18-10(3)23)12(8-14(13)26-4)19-20-16-17-9-15(27-16)22(24)25/h7-9H,5-6H2,1-4H3,(H,18,23). The van der Waals surface area contributed by atoms with Crippen LogP contribution in [0.25, 0.3) is 0 Å². The number of nitro groups is 1. The van der Waals surface area contributed by atoms with Gasteiger partial charge >= 0.3 is 5.00 Å². The lowest BCUT2D eigenvalue weighted by Gasteiger charge is -2.24. The highest BCUT2D eigenvalue weighted by atomic mass is 32.1. The van der Waals surface area contributed by atoms with Crippen molar-refractivity contribution in [3.63, 3.8) is 0 Å². The van der Waals surface area contributed by atoms with Gasteiger partial charge in [0.2, 0.25) is 11.0 Å². The van der Waals surface area contributed by atoms with E-state index in [-0.39, 0.29) is 16.0 Å². The van der Waals surface area contributed by atoms with Crippen molar-refractivity contribution in [1.82, 2.24) is 4.98 Å². The predicted molar refractivity (Wildman–Crippen MR) is 104 cm³/mol. The van der Waals surface area contributed by atoms with Gasteiger partial charge in [-0.05, 0) is 31.3 Å². The number of aromatic nitrogens is 1. The van der Waals surface area contributed by atoms with Gasteiger partial charge in [0.25, 0.3) is 0 Å². The topological polar surface area (TPSA) is 122 Å². The number of amides is 1. The highest BCUT2D eigenvalue weighted by Crippen LogP contribution is 2.39. The second kappa shape index (κ2) is 9.03. The number of benzene rings is 1. The molecule has 0 saturated carbocycles. The number of hydrogen-bond acceptors (Lipinski definition) is 9. The summed E-state index contributed by atoms with van der Waals surface area (Å²) in [4.78, 5) is 27.7. The van der Waals surface area contributed by atoms with E-state index in [1.165, 1.54) is 6.92 Å². The van der Waals surface area contributed by atoms with Gasteiger partial charge in [-0.1, -0.05) is 0 Å². The highest BCUT2D eigenvalue weighted by molar-refractivity contribution is 7.18. The van der Waals surface area contributed by atoms with Crippen LogP contribution in [0.3, 0.4) is 0 Å². The summed E-state index contributed by atoms with van der Waals surface area (Å²) in [5.74, 6) is 0.318. The molecular formula is C16H20N6O4S. The minimum absolute atomic E-state index is 0.125. The number of nitrogens with zero attached hydrogens (tertiary/aromatic N) is 5. The summed E-state index contributed by atoms with van der Waals surface area (Å²) in [5.41, 5.74) is 1.63. The maximum absolute atomic E-state index is 11.6. The highest BCUT2D eigenvalue weighted by Gasteiger charge is 2.16. The summed E-state index contributed by atoms with van der Waals surface area (Å²) in [6, 6.07) is 3.43. The second-order valence-corrected chi connectivity index (χ2v) is 6.32. The fourth-order valence-electron chi connectivity index (χ4n) is 2.39. The van der Waals surface area contributed by atoms with Gasteiger partial charge in [-0.15, -0.1) is 10.2 Å². The number of thiazole rings is 1. The van der Waals surface area contributed by atoms with Crippen molar-refractivity contribution >= 4 is 44.4 Å². The van der Waals surface area contributed by atoms with Crippen LogP contribution in [-0.2, 0) is 4.79 Å². The van der Waals surface area contributed by atoms with Gasteiger partial charge in [-0.25, -0.2) is 4.98 Å². The van der Waals surface area contributed by atoms with E-state index in [0.717, 1.165) is 36.3 Å². The van der Waals surface area contributed by atoms with Crippen molar-refractivity contribution in [2.75, 3.05) is 30.4 Å². The third-order valence-electron chi connectivity index (χ3n) is 3.62. The average molecular weight is 392 g/mol. The summed E-state index contributed by atoms with van der Waals surface area (Å²) >= 11 is 0.808. The van der Waals surface area contributed by atoms with Gasteiger partial charge in [-0.2, -0.15) is 0 Å². The lowest BCUT2D eigenvalue weighted by atomic mass is 10.2. The SMILES string of the molecule is CCN(CC)c1cc(NC(C)=O)c(N=Nc2ncc([N+](=O)[O-])s2)cc1OC. The van der Waals surface area contributed by atoms with Gasteiger partial charge < -0.3 is 15.0 Å². The van der Waals surface area contributed by atoms with E-state index in [1.54, 1.807) is 19.2 Å². The quantitative estimate of drug-likeness (QED) is 0.406. The molecule has 0 fully saturated rings. The second-order valence-electron chi connectivity index (χ2n) is 5.33. The molecule has 0 bridgehead atoms. The zero-order chi connectivity index (χ0) is 20.0. The van der Waals surface area contributed by atoms with E-state index >= 15 is 0 Å². The van der Waals surface area contributed by atoms with Crippen molar-refractivity contribution in [1.29, 1.82) is 0 Å². The molecule has 1 aromatic carbocycles. The molecule has 0 atom stereocenters. The van der Waals surface area contributed by atoms with Crippen LogP contribution in [0.4, 0.5) is 27.2 Å². The predicted octanol–water partition coefficient (Wildman–Crippen LogP) is 4.28. The van der Waals surface area contributed by atoms with E-state index < -0.39 is 4.92 Å². The van der Waals surface area contributed by atoms with Gasteiger partial charge in [0, 0.05) is 26.1 Å². The fourth-order valence-corrected chi connectivity index (χ4v) is 2.94. The Bertz CT molecular complexity index is 863. The fraction of sp³-hybridized carbons (Fsp3) is 0.375. The van der Waals surface area contributed by atoms with Crippen LogP contribution in [0.5, 0.6) is 5.75 Å². The van der Waals surface area contributed by atoms with Crippen LogP contribution < -0.4 is 15.0 Å². The molecule has 144 valence electrons. The van der Waals surface area contributed by atoms with E-state index in [2.05, 4.69) is 25.4 Å². The largest absolute Gasteiger partial charge is 0.494 e. The number of ether oxygens (including phenoxy) is 1. The Morgan fingerprint density at radius 2 is 2.07 bits per heavy atom. The van der Waals surface area contributed by atoms with E-state index in [1.807, 2.05) is 13.8 Å². The molecule has 1 amide bonds. The molecule has 0 aliphatic rings. The lowest BCUT2D eigenvalue weighted by Crippen LogP contribution is -2.22. The van der Waals surface area contributed by atoms with Crippen LogP contribution in [0.2, 0.25) is 0 Å². The first kappa shape index (κ1) is 20.2. The summed E-state index contributed by atoms with van der Waals surface area (Å²) in [6.45, 7) is 6.95. The molecule has 10 nitrogen and oxygen atoms in total. The number of carbonyl (C=O) groups is 1. The summed E-state index contributed by atoms with van der Waals surface area (Å²) < 4.78 is 5.46. The zero-order valence-corrected chi connectivity index (χ0v) is 16.2. The first-order valence-corrected chi connectivity index (χ1v) is 8.97. The molecule has 2 aromatic rings. The Hall–Kier alpha value is -3.08. The molecule has 1 aromatic heterocycles. The van der Waals surface area contributed by atoms with Crippen LogP contribution in [0, 0.1) is 10.1 Å². The number of azo groups is 1. The van der Waals surface area contributed by atoms with Gasteiger partial charge in [-0.3, -0.25) is 14.9 Å². The minimum atomic E-state index is -0.540. The zero-order valence-electron chi connectivity index (χ0n) is 15.4. The first-order chi connectivity index (χ1) is 12.9. The molecule has 2 rings (SSSR count). The third-order valence-corrected chi connectivity index (χ3v) is 4.45. The monoisotopic (exact) mass is 392 g/mol. The number of carbonyl (C=O) groups excluding carboxylic acids is 1. The lowest BCUT2D eigenvalue weighted by molar-refractivity contribution is -0.380. The van der Waals surface area contributed by atoms with E-state index in [0.29, 0.717) is 17.1 Å².